The molecule has 6 heteroatoms. The molecule has 2 aliphatic heterocycles. The average molecular weight is 563 g/mol. The summed E-state index contributed by atoms with van der Waals surface area (Å²) < 4.78 is 42.1. The van der Waals surface area contributed by atoms with Crippen LogP contribution in [0.25, 0.3) is 0 Å². The van der Waals surface area contributed by atoms with Crippen LogP contribution in [0.4, 0.5) is 13.2 Å². The van der Waals surface area contributed by atoms with Crippen LogP contribution in [0.15, 0.2) is 28.8 Å². The van der Waals surface area contributed by atoms with Crippen molar-refractivity contribution in [2.75, 3.05) is 13.1 Å². The molecule has 5 rings (SSSR count). The van der Waals surface area contributed by atoms with E-state index in [0.717, 1.165) is 45.2 Å². The first-order chi connectivity index (χ1) is 18.9. The predicted octanol–water partition coefficient (Wildman–Crippen LogP) is 8.15. The molecule has 3 saturated carbocycles. The molecule has 0 aromatic rings. The lowest BCUT2D eigenvalue weighted by Crippen LogP contribution is -2.47. The summed E-state index contributed by atoms with van der Waals surface area (Å²) in [4.78, 5) is 5.32. The number of aliphatic hydroxyl groups excluding tert-OH is 1. The SMILES string of the molecule is C=C(C1CC(C=C2CCCNC2)CC(C(F)(F)F)C1)C(O)C1CCC(C)C(C2N=C(C)C3CCC(C)CC32C)C1. The van der Waals surface area contributed by atoms with Crippen molar-refractivity contribution in [3.63, 3.8) is 0 Å². The first-order valence-electron chi connectivity index (χ1n) is 16.2. The van der Waals surface area contributed by atoms with E-state index < -0.39 is 18.2 Å². The highest BCUT2D eigenvalue weighted by Crippen LogP contribution is 2.56. The molecule has 40 heavy (non-hydrogen) atoms. The zero-order valence-corrected chi connectivity index (χ0v) is 25.3. The van der Waals surface area contributed by atoms with Crippen LogP contribution in [0, 0.1) is 52.8 Å². The van der Waals surface area contributed by atoms with Gasteiger partial charge < -0.3 is 10.4 Å². The van der Waals surface area contributed by atoms with Crippen molar-refractivity contribution in [3.8, 4) is 0 Å². The summed E-state index contributed by atoms with van der Waals surface area (Å²) in [7, 11) is 0. The molecule has 5 aliphatic rings. The van der Waals surface area contributed by atoms with E-state index in [4.69, 9.17) is 4.99 Å². The summed E-state index contributed by atoms with van der Waals surface area (Å²) in [6.45, 7) is 15.5. The third-order valence-corrected chi connectivity index (χ3v) is 12.0. The Morgan fingerprint density at radius 2 is 1.90 bits per heavy atom. The molecule has 3 nitrogen and oxygen atoms in total. The fourth-order valence-corrected chi connectivity index (χ4v) is 9.82. The van der Waals surface area contributed by atoms with Gasteiger partial charge in [-0.05, 0) is 124 Å². The molecule has 4 fully saturated rings. The number of fused-ring (bicyclic) bond motifs is 1. The van der Waals surface area contributed by atoms with Gasteiger partial charge in [-0.15, -0.1) is 0 Å². The highest BCUT2D eigenvalue weighted by Gasteiger charge is 2.54. The van der Waals surface area contributed by atoms with E-state index in [0.29, 0.717) is 35.7 Å². The molecular weight excluding hydrogens is 509 g/mol. The van der Waals surface area contributed by atoms with Crippen LogP contribution in [-0.2, 0) is 0 Å². The molecular formula is C34H53F3N2O. The quantitative estimate of drug-likeness (QED) is 0.332. The van der Waals surface area contributed by atoms with Crippen molar-refractivity contribution in [2.24, 2.45) is 57.8 Å². The van der Waals surface area contributed by atoms with Gasteiger partial charge in [-0.1, -0.05) is 45.4 Å². The zero-order valence-electron chi connectivity index (χ0n) is 25.3. The van der Waals surface area contributed by atoms with E-state index in [1.807, 2.05) is 0 Å². The van der Waals surface area contributed by atoms with E-state index >= 15 is 0 Å². The number of piperidine rings is 1. The van der Waals surface area contributed by atoms with Gasteiger partial charge in [-0.2, -0.15) is 13.2 Å². The number of hydrogen-bond acceptors (Lipinski definition) is 3. The highest BCUT2D eigenvalue weighted by atomic mass is 19.4. The number of hydrogen-bond donors (Lipinski definition) is 2. The van der Waals surface area contributed by atoms with Crippen molar-refractivity contribution >= 4 is 5.71 Å². The van der Waals surface area contributed by atoms with E-state index in [-0.39, 0.29) is 42.1 Å². The lowest BCUT2D eigenvalue weighted by Gasteiger charge is -2.49. The summed E-state index contributed by atoms with van der Waals surface area (Å²) >= 11 is 0. The van der Waals surface area contributed by atoms with Crippen LogP contribution in [0.5, 0.6) is 0 Å². The molecule has 0 radical (unpaired) electrons. The normalized spacial score (nSPS) is 44.6. The summed E-state index contributed by atoms with van der Waals surface area (Å²) in [5.41, 5.74) is 3.39. The summed E-state index contributed by atoms with van der Waals surface area (Å²) in [5, 5.41) is 15.0. The van der Waals surface area contributed by atoms with Crippen molar-refractivity contribution < 1.29 is 18.3 Å². The summed E-state index contributed by atoms with van der Waals surface area (Å²) in [6.07, 6.45) is 6.64. The minimum absolute atomic E-state index is 0.0542. The molecule has 3 aliphatic carbocycles. The van der Waals surface area contributed by atoms with E-state index in [1.165, 1.54) is 30.5 Å². The Bertz CT molecular complexity index is 980. The number of aliphatic hydroxyl groups is 1. The van der Waals surface area contributed by atoms with Crippen LogP contribution in [-0.4, -0.2) is 42.2 Å². The summed E-state index contributed by atoms with van der Waals surface area (Å²) in [5.74, 6) is 0.548. The zero-order chi connectivity index (χ0) is 28.8. The number of aliphatic imine (C=N–C) groups is 1. The Balaban J connectivity index is 1.30. The number of alkyl halides is 3. The Kier molecular flexibility index (Phi) is 8.99. The van der Waals surface area contributed by atoms with Gasteiger partial charge in [-0.3, -0.25) is 4.99 Å². The predicted molar refractivity (Wildman–Crippen MR) is 157 cm³/mol. The van der Waals surface area contributed by atoms with Crippen LogP contribution in [0.1, 0.15) is 98.3 Å². The second-order valence-electron chi connectivity index (χ2n) is 14.9. The topological polar surface area (TPSA) is 44.6 Å². The Hall–Kier alpha value is -1.14. The van der Waals surface area contributed by atoms with Crippen molar-refractivity contribution in [1.29, 1.82) is 0 Å². The third kappa shape index (κ3) is 6.14. The largest absolute Gasteiger partial charge is 0.391 e. The number of halogens is 3. The molecule has 1 saturated heterocycles. The van der Waals surface area contributed by atoms with Gasteiger partial charge in [0.05, 0.1) is 18.1 Å². The lowest BCUT2D eigenvalue weighted by molar-refractivity contribution is -0.187. The standard InChI is InChI=1S/C34H53F3N2O/c1-20-8-11-30-23(4)39-32(33(30,5)18-20)29-17-26(10-9-21(29)2)31(40)22(3)27-14-25(13-24-7-6-12-38-19-24)15-28(16-27)34(35,36)37/h13,20-21,25-32,38,40H,3,6-12,14-19H2,1-2,4-5H3. The average Bonchev–Trinajstić information content (AvgIpc) is 3.17. The molecule has 11 atom stereocenters. The molecule has 2 N–H and O–H groups in total. The minimum atomic E-state index is -4.21. The highest BCUT2D eigenvalue weighted by molar-refractivity contribution is 5.87. The van der Waals surface area contributed by atoms with Gasteiger partial charge in [0.1, 0.15) is 0 Å². The Morgan fingerprint density at radius 3 is 2.60 bits per heavy atom. The summed E-state index contributed by atoms with van der Waals surface area (Å²) in [6, 6.07) is 0.280. The van der Waals surface area contributed by atoms with Gasteiger partial charge in [0.25, 0.3) is 0 Å². The maximum atomic E-state index is 14.0. The molecule has 11 unspecified atom stereocenters. The van der Waals surface area contributed by atoms with Crippen molar-refractivity contribution in [2.45, 2.75) is 117 Å². The second-order valence-corrected chi connectivity index (χ2v) is 14.9. The molecule has 0 bridgehead atoms. The van der Waals surface area contributed by atoms with Crippen LogP contribution >= 0.6 is 0 Å². The Labute approximate surface area is 240 Å². The van der Waals surface area contributed by atoms with Gasteiger partial charge in [0, 0.05) is 18.2 Å². The minimum Gasteiger partial charge on any atom is -0.388 e. The number of rotatable bonds is 5. The fraction of sp³-hybridized carbons (Fsp3) is 0.853. The third-order valence-electron chi connectivity index (χ3n) is 12.0. The first-order valence-corrected chi connectivity index (χ1v) is 16.2. The molecule has 0 aromatic heterocycles. The van der Waals surface area contributed by atoms with Gasteiger partial charge in [0.2, 0.25) is 0 Å². The number of nitrogens with one attached hydrogen (secondary N) is 1. The van der Waals surface area contributed by atoms with Gasteiger partial charge in [0.15, 0.2) is 0 Å². The molecule has 0 spiro atoms. The fourth-order valence-electron chi connectivity index (χ4n) is 9.82. The lowest BCUT2D eigenvalue weighted by atomic mass is 9.56. The second kappa shape index (κ2) is 11.9. The molecule has 226 valence electrons. The smallest absolute Gasteiger partial charge is 0.388 e. The van der Waals surface area contributed by atoms with Crippen LogP contribution in [0.2, 0.25) is 0 Å². The van der Waals surface area contributed by atoms with Crippen LogP contribution < -0.4 is 5.32 Å². The van der Waals surface area contributed by atoms with Crippen molar-refractivity contribution in [3.05, 3.63) is 23.8 Å². The number of nitrogens with zero attached hydrogens (tertiary/aromatic N) is 1. The van der Waals surface area contributed by atoms with Crippen LogP contribution in [0.3, 0.4) is 0 Å². The van der Waals surface area contributed by atoms with Gasteiger partial charge >= 0.3 is 6.18 Å². The number of allylic oxidation sites excluding steroid dienone is 1. The van der Waals surface area contributed by atoms with E-state index in [2.05, 4.69) is 45.7 Å². The molecule has 0 amide bonds. The molecule has 0 aromatic carbocycles. The van der Waals surface area contributed by atoms with Gasteiger partial charge in [-0.25, -0.2) is 0 Å². The van der Waals surface area contributed by atoms with Crippen molar-refractivity contribution in [1.82, 2.24) is 5.32 Å². The molecule has 2 heterocycles. The van der Waals surface area contributed by atoms with E-state index in [1.54, 1.807) is 0 Å². The first kappa shape index (κ1) is 30.3. The Morgan fingerprint density at radius 1 is 1.12 bits per heavy atom. The van der Waals surface area contributed by atoms with E-state index in [9.17, 15) is 18.3 Å². The maximum absolute atomic E-state index is 14.0. The monoisotopic (exact) mass is 562 g/mol. The maximum Gasteiger partial charge on any atom is 0.391 e.